The summed E-state index contributed by atoms with van der Waals surface area (Å²) in [4.78, 5) is 10.4. The molecule has 0 heterocycles. The Balaban J connectivity index is 3.08. The molecule has 1 aromatic rings. The van der Waals surface area contributed by atoms with Gasteiger partial charge >= 0.3 is 0 Å². The molecule has 0 aliphatic carbocycles. The number of carbonyl (C=O) groups excluding carboxylic acids is 1. The Morgan fingerprint density at radius 1 is 1.38 bits per heavy atom. The summed E-state index contributed by atoms with van der Waals surface area (Å²) in [7, 11) is 0. The average molecular weight is 243 g/mol. The Morgan fingerprint density at radius 2 is 2.08 bits per heavy atom. The standard InChI is InChI=1S/C10H8BrFO/c11-6-2-5-8-3-1-4-9(7-13)10(8)12/h1-5,7H,6H2. The number of alkyl halides is 1. The quantitative estimate of drug-likeness (QED) is 0.589. The molecule has 0 aliphatic heterocycles. The van der Waals surface area contributed by atoms with E-state index in [1.165, 1.54) is 6.07 Å². The van der Waals surface area contributed by atoms with Crippen molar-refractivity contribution in [1.29, 1.82) is 0 Å². The fourth-order valence-corrected chi connectivity index (χ4v) is 1.15. The molecule has 3 heteroatoms. The fraction of sp³-hybridized carbons (Fsp3) is 0.100. The molecule has 0 N–H and O–H groups in total. The van der Waals surface area contributed by atoms with Crippen molar-refractivity contribution in [3.63, 3.8) is 0 Å². The number of halogens is 2. The maximum absolute atomic E-state index is 13.3. The molecule has 0 radical (unpaired) electrons. The maximum Gasteiger partial charge on any atom is 0.153 e. The van der Waals surface area contributed by atoms with Crippen LogP contribution in [0.5, 0.6) is 0 Å². The van der Waals surface area contributed by atoms with E-state index in [2.05, 4.69) is 15.9 Å². The van der Waals surface area contributed by atoms with E-state index in [9.17, 15) is 9.18 Å². The molecule has 0 spiro atoms. The minimum atomic E-state index is -0.463. The lowest BCUT2D eigenvalue weighted by atomic mass is 10.1. The molecule has 0 atom stereocenters. The molecule has 0 saturated carbocycles. The van der Waals surface area contributed by atoms with Gasteiger partial charge in [-0.1, -0.05) is 40.2 Å². The summed E-state index contributed by atoms with van der Waals surface area (Å²) in [6, 6.07) is 4.73. The van der Waals surface area contributed by atoms with Crippen molar-refractivity contribution in [3.8, 4) is 0 Å². The van der Waals surface area contributed by atoms with Crippen molar-refractivity contribution in [3.05, 3.63) is 41.2 Å². The highest BCUT2D eigenvalue weighted by molar-refractivity contribution is 9.09. The molecule has 0 saturated heterocycles. The van der Waals surface area contributed by atoms with Crippen LogP contribution in [0.25, 0.3) is 6.08 Å². The number of allylic oxidation sites excluding steroid dienone is 1. The smallest absolute Gasteiger partial charge is 0.153 e. The lowest BCUT2D eigenvalue weighted by Gasteiger charge is -1.98. The minimum absolute atomic E-state index is 0.0942. The van der Waals surface area contributed by atoms with E-state index in [1.807, 2.05) is 0 Å². The first kappa shape index (κ1) is 10.1. The van der Waals surface area contributed by atoms with E-state index in [-0.39, 0.29) is 5.56 Å². The summed E-state index contributed by atoms with van der Waals surface area (Å²) in [6.07, 6.45) is 3.92. The zero-order valence-corrected chi connectivity index (χ0v) is 8.42. The summed E-state index contributed by atoms with van der Waals surface area (Å²) in [6.45, 7) is 0. The van der Waals surface area contributed by atoms with Crippen molar-refractivity contribution in [1.82, 2.24) is 0 Å². The zero-order valence-electron chi connectivity index (χ0n) is 6.84. The van der Waals surface area contributed by atoms with Gasteiger partial charge in [-0.3, -0.25) is 4.79 Å². The zero-order chi connectivity index (χ0) is 9.68. The Labute approximate surface area is 84.4 Å². The Bertz CT molecular complexity index is 334. The van der Waals surface area contributed by atoms with Crippen molar-refractivity contribution < 1.29 is 9.18 Å². The van der Waals surface area contributed by atoms with Gasteiger partial charge in [0, 0.05) is 10.9 Å². The molecule has 0 aliphatic rings. The van der Waals surface area contributed by atoms with Gasteiger partial charge in [0.2, 0.25) is 0 Å². The summed E-state index contributed by atoms with van der Waals surface area (Å²) in [5, 5.41) is 0.664. The van der Waals surface area contributed by atoms with Crippen LogP contribution >= 0.6 is 15.9 Å². The van der Waals surface area contributed by atoms with E-state index in [0.717, 1.165) is 0 Å². The van der Waals surface area contributed by atoms with Crippen molar-refractivity contribution >= 4 is 28.3 Å². The fourth-order valence-electron chi connectivity index (χ4n) is 0.960. The molecule has 0 unspecified atom stereocenters. The molecule has 68 valence electrons. The molecule has 0 bridgehead atoms. The average Bonchev–Trinajstić information content (AvgIpc) is 2.16. The van der Waals surface area contributed by atoms with E-state index >= 15 is 0 Å². The topological polar surface area (TPSA) is 17.1 Å². The number of hydrogen-bond donors (Lipinski definition) is 0. The van der Waals surface area contributed by atoms with E-state index in [4.69, 9.17) is 0 Å². The Morgan fingerprint density at radius 3 is 2.69 bits per heavy atom. The molecule has 0 aromatic heterocycles. The van der Waals surface area contributed by atoms with Gasteiger partial charge in [0.1, 0.15) is 5.82 Å². The van der Waals surface area contributed by atoms with Gasteiger partial charge in [-0.05, 0) is 6.07 Å². The SMILES string of the molecule is O=Cc1cccc(C=CCBr)c1F. The summed E-state index contributed by atoms with van der Waals surface area (Å²) < 4.78 is 13.3. The predicted octanol–water partition coefficient (Wildman–Crippen LogP) is 3.05. The van der Waals surface area contributed by atoms with E-state index in [0.29, 0.717) is 17.2 Å². The second-order valence-electron chi connectivity index (χ2n) is 2.42. The summed E-state index contributed by atoms with van der Waals surface area (Å²) in [5.74, 6) is -0.463. The number of aldehydes is 1. The molecule has 0 amide bonds. The van der Waals surface area contributed by atoms with Crippen LogP contribution in [0.4, 0.5) is 4.39 Å². The third-order valence-electron chi connectivity index (χ3n) is 1.57. The summed E-state index contributed by atoms with van der Waals surface area (Å²) in [5.41, 5.74) is 0.528. The molecule has 1 nitrogen and oxygen atoms in total. The van der Waals surface area contributed by atoms with Crippen LogP contribution in [0.15, 0.2) is 24.3 Å². The van der Waals surface area contributed by atoms with Gasteiger partial charge in [0.25, 0.3) is 0 Å². The number of carbonyl (C=O) groups is 1. The molecular weight excluding hydrogens is 235 g/mol. The van der Waals surface area contributed by atoms with Crippen molar-refractivity contribution in [2.45, 2.75) is 0 Å². The molecule has 1 aromatic carbocycles. The lowest BCUT2D eigenvalue weighted by molar-refractivity contribution is 0.112. The lowest BCUT2D eigenvalue weighted by Crippen LogP contribution is -1.90. The van der Waals surface area contributed by atoms with Gasteiger partial charge < -0.3 is 0 Å². The Hall–Kier alpha value is -0.960. The van der Waals surface area contributed by atoms with Gasteiger partial charge in [-0.25, -0.2) is 4.39 Å². The predicted molar refractivity (Wildman–Crippen MR) is 54.6 cm³/mol. The van der Waals surface area contributed by atoms with Crippen molar-refractivity contribution in [2.75, 3.05) is 5.33 Å². The maximum atomic E-state index is 13.3. The second-order valence-corrected chi connectivity index (χ2v) is 3.07. The van der Waals surface area contributed by atoms with Crippen LogP contribution < -0.4 is 0 Å². The monoisotopic (exact) mass is 242 g/mol. The third-order valence-corrected chi connectivity index (χ3v) is 1.95. The number of benzene rings is 1. The third kappa shape index (κ3) is 2.49. The molecule has 13 heavy (non-hydrogen) atoms. The highest BCUT2D eigenvalue weighted by Gasteiger charge is 2.03. The van der Waals surface area contributed by atoms with Crippen LogP contribution in [0, 0.1) is 5.82 Å². The first-order valence-corrected chi connectivity index (χ1v) is 4.88. The molecular formula is C10H8BrFO. The Kier molecular flexibility index (Phi) is 3.83. The van der Waals surface area contributed by atoms with Gasteiger partial charge in [-0.2, -0.15) is 0 Å². The summed E-state index contributed by atoms with van der Waals surface area (Å²) >= 11 is 3.19. The van der Waals surface area contributed by atoms with Crippen LogP contribution in [0.2, 0.25) is 0 Å². The van der Waals surface area contributed by atoms with Crippen molar-refractivity contribution in [2.24, 2.45) is 0 Å². The highest BCUT2D eigenvalue weighted by atomic mass is 79.9. The normalized spacial score (nSPS) is 10.6. The molecule has 1 rings (SSSR count). The van der Waals surface area contributed by atoms with Crippen LogP contribution in [0.1, 0.15) is 15.9 Å². The van der Waals surface area contributed by atoms with Gasteiger partial charge in [-0.15, -0.1) is 0 Å². The number of rotatable bonds is 3. The van der Waals surface area contributed by atoms with Crippen LogP contribution in [-0.2, 0) is 0 Å². The van der Waals surface area contributed by atoms with E-state index < -0.39 is 5.82 Å². The van der Waals surface area contributed by atoms with E-state index in [1.54, 1.807) is 24.3 Å². The van der Waals surface area contributed by atoms with Gasteiger partial charge in [0.15, 0.2) is 6.29 Å². The molecule has 0 fully saturated rings. The first-order valence-electron chi connectivity index (χ1n) is 3.75. The minimum Gasteiger partial charge on any atom is -0.298 e. The largest absolute Gasteiger partial charge is 0.298 e. The second kappa shape index (κ2) is 4.92. The number of hydrogen-bond acceptors (Lipinski definition) is 1. The highest BCUT2D eigenvalue weighted by Crippen LogP contribution is 2.12. The first-order chi connectivity index (χ1) is 6.29. The van der Waals surface area contributed by atoms with Crippen LogP contribution in [0.3, 0.4) is 0 Å². The van der Waals surface area contributed by atoms with Gasteiger partial charge in [0.05, 0.1) is 5.56 Å². The van der Waals surface area contributed by atoms with Crippen LogP contribution in [-0.4, -0.2) is 11.6 Å².